The Kier molecular flexibility index (Phi) is 4.40. The maximum Gasteiger partial charge on any atom is 0.120 e. The summed E-state index contributed by atoms with van der Waals surface area (Å²) in [6.45, 7) is 6.63. The van der Waals surface area contributed by atoms with Crippen LogP contribution >= 0.6 is 11.8 Å². The van der Waals surface area contributed by atoms with Crippen molar-refractivity contribution in [3.63, 3.8) is 0 Å². The Morgan fingerprint density at radius 1 is 1.20 bits per heavy atom. The Bertz CT molecular complexity index is 308. The van der Waals surface area contributed by atoms with E-state index in [4.69, 9.17) is 0 Å². The third kappa shape index (κ3) is 4.08. The minimum atomic E-state index is 0.214. The van der Waals surface area contributed by atoms with Gasteiger partial charge in [-0.2, -0.15) is 0 Å². The maximum atomic E-state index is 10.2. The third-order valence-corrected chi connectivity index (χ3v) is 3.27. The molecule has 2 heteroatoms. The van der Waals surface area contributed by atoms with Crippen molar-refractivity contribution >= 4 is 18.0 Å². The van der Waals surface area contributed by atoms with Gasteiger partial charge in [-0.3, -0.25) is 0 Å². The predicted molar refractivity (Wildman–Crippen MR) is 66.5 cm³/mol. The smallest absolute Gasteiger partial charge is 0.120 e. The van der Waals surface area contributed by atoms with Gasteiger partial charge in [-0.15, -0.1) is 11.8 Å². The van der Waals surface area contributed by atoms with Crippen LogP contribution in [0.3, 0.4) is 0 Å². The lowest BCUT2D eigenvalue weighted by Crippen LogP contribution is -2.10. The Balaban J connectivity index is 2.60. The number of benzene rings is 1. The Labute approximate surface area is 96.3 Å². The second kappa shape index (κ2) is 5.36. The van der Waals surface area contributed by atoms with E-state index < -0.39 is 0 Å². The van der Waals surface area contributed by atoms with Crippen LogP contribution < -0.4 is 0 Å². The lowest BCUT2D eigenvalue weighted by Gasteiger charge is -2.18. The fourth-order valence-corrected chi connectivity index (χ4v) is 2.05. The summed E-state index contributed by atoms with van der Waals surface area (Å²) in [6.07, 6.45) is 1.60. The molecule has 0 heterocycles. The van der Waals surface area contributed by atoms with Crippen LogP contribution in [0.25, 0.3) is 0 Å². The molecule has 0 aliphatic carbocycles. The molecule has 15 heavy (non-hydrogen) atoms. The van der Waals surface area contributed by atoms with E-state index in [-0.39, 0.29) is 5.41 Å². The van der Waals surface area contributed by atoms with E-state index in [0.29, 0.717) is 6.42 Å². The first kappa shape index (κ1) is 12.3. The van der Waals surface area contributed by atoms with Crippen molar-refractivity contribution in [1.82, 2.24) is 0 Å². The van der Waals surface area contributed by atoms with Crippen LogP contribution in [-0.4, -0.2) is 12.0 Å². The zero-order valence-electron chi connectivity index (χ0n) is 9.62. The molecule has 0 unspecified atom stereocenters. The number of aldehydes is 1. The molecule has 0 aliphatic heterocycles. The van der Waals surface area contributed by atoms with Crippen LogP contribution in [-0.2, 0) is 10.2 Å². The quantitative estimate of drug-likeness (QED) is 0.439. The predicted octanol–water partition coefficient (Wildman–Crippen LogP) is 3.67. The summed E-state index contributed by atoms with van der Waals surface area (Å²) in [5, 5.41) is 0. The molecule has 0 aromatic heterocycles. The van der Waals surface area contributed by atoms with Gasteiger partial charge in [-0.1, -0.05) is 32.9 Å². The van der Waals surface area contributed by atoms with Crippen molar-refractivity contribution in [2.75, 3.05) is 5.75 Å². The molecule has 1 nitrogen and oxygen atoms in total. The van der Waals surface area contributed by atoms with Crippen LogP contribution in [0.5, 0.6) is 0 Å². The molecule has 1 aromatic rings. The number of carbonyl (C=O) groups is 1. The summed E-state index contributed by atoms with van der Waals surface area (Å²) in [4.78, 5) is 11.4. The normalized spacial score (nSPS) is 11.4. The summed E-state index contributed by atoms with van der Waals surface area (Å²) in [7, 11) is 0. The molecule has 0 atom stereocenters. The molecule has 1 aromatic carbocycles. The fourth-order valence-electron chi connectivity index (χ4n) is 1.28. The van der Waals surface area contributed by atoms with Crippen molar-refractivity contribution in [3.05, 3.63) is 29.8 Å². The zero-order valence-corrected chi connectivity index (χ0v) is 10.4. The highest BCUT2D eigenvalue weighted by molar-refractivity contribution is 7.99. The number of hydrogen-bond donors (Lipinski definition) is 0. The van der Waals surface area contributed by atoms with Crippen molar-refractivity contribution in [3.8, 4) is 0 Å². The summed E-state index contributed by atoms with van der Waals surface area (Å²) in [5.74, 6) is 0.873. The first-order chi connectivity index (χ1) is 7.04. The molecule has 0 saturated carbocycles. The maximum absolute atomic E-state index is 10.2. The van der Waals surface area contributed by atoms with Crippen LogP contribution in [0.15, 0.2) is 29.2 Å². The molecule has 82 valence electrons. The Hall–Kier alpha value is -0.760. The molecule has 0 amide bonds. The lowest BCUT2D eigenvalue weighted by molar-refractivity contribution is -0.107. The zero-order chi connectivity index (χ0) is 11.3. The number of carbonyl (C=O) groups excluding carboxylic acids is 1. The summed E-state index contributed by atoms with van der Waals surface area (Å²) in [6, 6.07) is 8.61. The van der Waals surface area contributed by atoms with Gasteiger partial charge in [0, 0.05) is 17.1 Å². The molecule has 1 rings (SSSR count). The number of hydrogen-bond acceptors (Lipinski definition) is 2. The highest BCUT2D eigenvalue weighted by Gasteiger charge is 2.12. The van der Waals surface area contributed by atoms with E-state index >= 15 is 0 Å². The molecule has 0 saturated heterocycles. The van der Waals surface area contributed by atoms with E-state index in [0.717, 1.165) is 12.0 Å². The second-order valence-corrected chi connectivity index (χ2v) is 5.75. The van der Waals surface area contributed by atoms with E-state index in [1.165, 1.54) is 10.5 Å². The first-order valence-electron chi connectivity index (χ1n) is 5.21. The molecule has 0 N–H and O–H groups in total. The van der Waals surface area contributed by atoms with Gasteiger partial charge in [0.25, 0.3) is 0 Å². The Morgan fingerprint density at radius 2 is 1.80 bits per heavy atom. The Morgan fingerprint density at radius 3 is 2.27 bits per heavy atom. The van der Waals surface area contributed by atoms with Crippen molar-refractivity contribution in [2.24, 2.45) is 0 Å². The summed E-state index contributed by atoms with van der Waals surface area (Å²) in [5.41, 5.74) is 1.56. The van der Waals surface area contributed by atoms with Crippen molar-refractivity contribution < 1.29 is 4.79 Å². The largest absolute Gasteiger partial charge is 0.303 e. The summed E-state index contributed by atoms with van der Waals surface area (Å²) >= 11 is 1.73. The van der Waals surface area contributed by atoms with Gasteiger partial charge in [0.2, 0.25) is 0 Å². The number of rotatable bonds is 4. The van der Waals surface area contributed by atoms with Gasteiger partial charge in [0.05, 0.1) is 0 Å². The second-order valence-electron chi connectivity index (χ2n) is 4.58. The molecule has 0 spiro atoms. The average Bonchev–Trinajstić information content (AvgIpc) is 2.18. The first-order valence-corrected chi connectivity index (χ1v) is 6.19. The van der Waals surface area contributed by atoms with Gasteiger partial charge in [-0.25, -0.2) is 0 Å². The average molecular weight is 222 g/mol. The number of thioether (sulfide) groups is 1. The minimum Gasteiger partial charge on any atom is -0.303 e. The lowest BCUT2D eigenvalue weighted by atomic mass is 9.87. The molecule has 0 radical (unpaired) electrons. The van der Waals surface area contributed by atoms with Gasteiger partial charge in [-0.05, 0) is 23.1 Å². The fraction of sp³-hybridized carbons (Fsp3) is 0.462. The van der Waals surface area contributed by atoms with E-state index in [9.17, 15) is 4.79 Å². The minimum absolute atomic E-state index is 0.214. The van der Waals surface area contributed by atoms with Gasteiger partial charge < -0.3 is 4.79 Å². The molecular weight excluding hydrogens is 204 g/mol. The van der Waals surface area contributed by atoms with Gasteiger partial charge in [0.1, 0.15) is 6.29 Å². The summed E-state index contributed by atoms with van der Waals surface area (Å²) < 4.78 is 0. The van der Waals surface area contributed by atoms with Crippen LogP contribution in [0.4, 0.5) is 0 Å². The van der Waals surface area contributed by atoms with Gasteiger partial charge >= 0.3 is 0 Å². The molecular formula is C13H18OS. The van der Waals surface area contributed by atoms with Crippen molar-refractivity contribution in [1.29, 1.82) is 0 Å². The SMILES string of the molecule is CC(C)(C)c1ccc(SCCC=O)cc1. The standard InChI is InChI=1S/C13H18OS/c1-13(2,3)11-5-7-12(8-6-11)15-10-4-9-14/h5-9H,4,10H2,1-3H3. The highest BCUT2D eigenvalue weighted by Crippen LogP contribution is 2.25. The molecule has 0 bridgehead atoms. The van der Waals surface area contributed by atoms with E-state index in [1.54, 1.807) is 11.8 Å². The monoisotopic (exact) mass is 222 g/mol. The van der Waals surface area contributed by atoms with E-state index in [1.807, 2.05) is 0 Å². The van der Waals surface area contributed by atoms with Crippen LogP contribution in [0, 0.1) is 0 Å². The van der Waals surface area contributed by atoms with Crippen molar-refractivity contribution in [2.45, 2.75) is 37.5 Å². The van der Waals surface area contributed by atoms with Gasteiger partial charge in [0.15, 0.2) is 0 Å². The molecule has 0 aliphatic rings. The van der Waals surface area contributed by atoms with Crippen LogP contribution in [0.1, 0.15) is 32.8 Å². The van der Waals surface area contributed by atoms with Crippen LogP contribution in [0.2, 0.25) is 0 Å². The highest BCUT2D eigenvalue weighted by atomic mass is 32.2. The van der Waals surface area contributed by atoms with E-state index in [2.05, 4.69) is 45.0 Å². The third-order valence-electron chi connectivity index (χ3n) is 2.22. The molecule has 0 fully saturated rings. The topological polar surface area (TPSA) is 17.1 Å².